The van der Waals surface area contributed by atoms with Gasteiger partial charge in [0, 0.05) is 33.4 Å². The maximum Gasteiger partial charge on any atom is 0.315 e. The standard InChI is InChI=1S/C11H18N4O2/c1-15(2)10-7-9(3-4-12-10)8-14-11(17)13-5-6-16/h3-4,7,16H,5-6,8H2,1-2H3,(H2,13,14,17). The lowest BCUT2D eigenvalue weighted by Gasteiger charge is -2.12. The Balaban J connectivity index is 2.46. The van der Waals surface area contributed by atoms with Crippen molar-refractivity contribution < 1.29 is 9.90 Å². The largest absolute Gasteiger partial charge is 0.395 e. The van der Waals surface area contributed by atoms with Gasteiger partial charge in [-0.1, -0.05) is 0 Å². The van der Waals surface area contributed by atoms with Gasteiger partial charge in [-0.2, -0.15) is 0 Å². The summed E-state index contributed by atoms with van der Waals surface area (Å²) in [5, 5.41) is 13.7. The van der Waals surface area contributed by atoms with E-state index >= 15 is 0 Å². The van der Waals surface area contributed by atoms with Crippen molar-refractivity contribution in [3.8, 4) is 0 Å². The zero-order valence-electron chi connectivity index (χ0n) is 10.1. The number of pyridine rings is 1. The van der Waals surface area contributed by atoms with Crippen molar-refractivity contribution in [3.63, 3.8) is 0 Å². The molecule has 3 N–H and O–H groups in total. The Morgan fingerprint density at radius 3 is 2.88 bits per heavy atom. The van der Waals surface area contributed by atoms with Gasteiger partial charge in [0.05, 0.1) is 6.61 Å². The summed E-state index contributed by atoms with van der Waals surface area (Å²) < 4.78 is 0. The smallest absolute Gasteiger partial charge is 0.315 e. The molecule has 0 bridgehead atoms. The van der Waals surface area contributed by atoms with Crippen LogP contribution in [-0.2, 0) is 6.54 Å². The molecule has 1 heterocycles. The Bertz CT molecular complexity index is 368. The third kappa shape index (κ3) is 4.69. The van der Waals surface area contributed by atoms with Gasteiger partial charge in [-0.05, 0) is 17.7 Å². The van der Waals surface area contributed by atoms with Crippen LogP contribution in [0.15, 0.2) is 18.3 Å². The van der Waals surface area contributed by atoms with Gasteiger partial charge < -0.3 is 20.6 Å². The molecule has 94 valence electrons. The molecule has 0 unspecified atom stereocenters. The average molecular weight is 238 g/mol. The van der Waals surface area contributed by atoms with E-state index in [9.17, 15) is 4.79 Å². The van der Waals surface area contributed by atoms with Crippen LogP contribution in [0.1, 0.15) is 5.56 Å². The predicted molar refractivity (Wildman–Crippen MR) is 65.9 cm³/mol. The molecule has 1 aromatic heterocycles. The van der Waals surface area contributed by atoms with E-state index in [1.807, 2.05) is 31.1 Å². The third-order valence-corrected chi connectivity index (χ3v) is 2.12. The number of nitrogens with zero attached hydrogens (tertiary/aromatic N) is 2. The van der Waals surface area contributed by atoms with E-state index in [0.717, 1.165) is 11.4 Å². The lowest BCUT2D eigenvalue weighted by molar-refractivity contribution is 0.234. The molecule has 1 rings (SSSR count). The van der Waals surface area contributed by atoms with E-state index in [-0.39, 0.29) is 19.2 Å². The Kier molecular flexibility index (Phi) is 5.22. The Morgan fingerprint density at radius 2 is 2.24 bits per heavy atom. The van der Waals surface area contributed by atoms with Crippen molar-refractivity contribution in [1.82, 2.24) is 15.6 Å². The first-order valence-corrected chi connectivity index (χ1v) is 5.38. The van der Waals surface area contributed by atoms with Crippen LogP contribution < -0.4 is 15.5 Å². The van der Waals surface area contributed by atoms with Crippen LogP contribution in [0.5, 0.6) is 0 Å². The normalized spacial score (nSPS) is 9.82. The van der Waals surface area contributed by atoms with Gasteiger partial charge in [0.2, 0.25) is 0 Å². The molecule has 0 aliphatic carbocycles. The predicted octanol–water partition coefficient (Wildman–Crippen LogP) is -0.0609. The monoisotopic (exact) mass is 238 g/mol. The highest BCUT2D eigenvalue weighted by molar-refractivity contribution is 5.73. The van der Waals surface area contributed by atoms with Crippen LogP contribution in [0, 0.1) is 0 Å². The molecule has 1 aromatic rings. The van der Waals surface area contributed by atoms with Crippen molar-refractivity contribution in [2.75, 3.05) is 32.1 Å². The second-order valence-electron chi connectivity index (χ2n) is 3.75. The molecule has 0 atom stereocenters. The first-order chi connectivity index (χ1) is 8.13. The molecule has 0 saturated heterocycles. The molecular formula is C11H18N4O2. The first-order valence-electron chi connectivity index (χ1n) is 5.38. The van der Waals surface area contributed by atoms with Crippen molar-refractivity contribution in [1.29, 1.82) is 0 Å². The highest BCUT2D eigenvalue weighted by Gasteiger charge is 2.01. The molecule has 6 nitrogen and oxygen atoms in total. The van der Waals surface area contributed by atoms with Gasteiger partial charge in [-0.15, -0.1) is 0 Å². The second kappa shape index (κ2) is 6.70. The summed E-state index contributed by atoms with van der Waals surface area (Å²) in [6.07, 6.45) is 1.71. The van der Waals surface area contributed by atoms with E-state index < -0.39 is 0 Å². The summed E-state index contributed by atoms with van der Waals surface area (Å²) in [7, 11) is 3.82. The molecule has 0 radical (unpaired) electrons. The molecule has 0 saturated carbocycles. The van der Waals surface area contributed by atoms with Crippen LogP contribution in [0.4, 0.5) is 10.6 Å². The van der Waals surface area contributed by atoms with Gasteiger partial charge in [0.1, 0.15) is 5.82 Å². The van der Waals surface area contributed by atoms with Gasteiger partial charge in [-0.3, -0.25) is 0 Å². The maximum atomic E-state index is 11.2. The molecule has 0 aliphatic rings. The number of nitrogens with one attached hydrogen (secondary N) is 2. The maximum absolute atomic E-state index is 11.2. The molecular weight excluding hydrogens is 220 g/mol. The average Bonchev–Trinajstić information content (AvgIpc) is 2.34. The quantitative estimate of drug-likeness (QED) is 0.671. The number of hydrogen-bond donors (Lipinski definition) is 3. The number of hydrogen-bond acceptors (Lipinski definition) is 4. The molecule has 0 spiro atoms. The number of aliphatic hydroxyl groups is 1. The minimum Gasteiger partial charge on any atom is -0.395 e. The number of aromatic nitrogens is 1. The SMILES string of the molecule is CN(C)c1cc(CNC(=O)NCCO)ccn1. The fourth-order valence-corrected chi connectivity index (χ4v) is 1.23. The summed E-state index contributed by atoms with van der Waals surface area (Å²) in [5.74, 6) is 0.847. The number of anilines is 1. The number of aliphatic hydroxyl groups excluding tert-OH is 1. The van der Waals surface area contributed by atoms with Crippen molar-refractivity contribution in [2.45, 2.75) is 6.54 Å². The Labute approximate surface area is 101 Å². The van der Waals surface area contributed by atoms with E-state index in [1.165, 1.54) is 0 Å². The van der Waals surface area contributed by atoms with Crippen LogP contribution in [-0.4, -0.2) is 43.4 Å². The molecule has 6 heteroatoms. The number of rotatable bonds is 5. The number of carbonyl (C=O) groups is 1. The highest BCUT2D eigenvalue weighted by Crippen LogP contribution is 2.08. The summed E-state index contributed by atoms with van der Waals surface area (Å²) in [5.41, 5.74) is 0.975. The van der Waals surface area contributed by atoms with E-state index in [4.69, 9.17) is 5.11 Å². The van der Waals surface area contributed by atoms with Crippen LogP contribution in [0.2, 0.25) is 0 Å². The summed E-state index contributed by atoms with van der Waals surface area (Å²) in [4.78, 5) is 17.3. The number of carbonyl (C=O) groups excluding carboxylic acids is 1. The van der Waals surface area contributed by atoms with Crippen LogP contribution in [0.25, 0.3) is 0 Å². The van der Waals surface area contributed by atoms with Gasteiger partial charge in [-0.25, -0.2) is 9.78 Å². The Morgan fingerprint density at radius 1 is 1.47 bits per heavy atom. The second-order valence-corrected chi connectivity index (χ2v) is 3.75. The van der Waals surface area contributed by atoms with E-state index in [0.29, 0.717) is 6.54 Å². The molecule has 17 heavy (non-hydrogen) atoms. The van der Waals surface area contributed by atoms with Crippen molar-refractivity contribution in [2.24, 2.45) is 0 Å². The van der Waals surface area contributed by atoms with E-state index in [2.05, 4.69) is 15.6 Å². The minimum absolute atomic E-state index is 0.0620. The topological polar surface area (TPSA) is 77.5 Å². The lowest BCUT2D eigenvalue weighted by Crippen LogP contribution is -2.36. The van der Waals surface area contributed by atoms with E-state index in [1.54, 1.807) is 6.20 Å². The molecule has 0 aromatic carbocycles. The third-order valence-electron chi connectivity index (χ3n) is 2.12. The summed E-state index contributed by atoms with van der Waals surface area (Å²) in [6, 6.07) is 3.47. The van der Waals surface area contributed by atoms with Gasteiger partial charge >= 0.3 is 6.03 Å². The fourth-order valence-electron chi connectivity index (χ4n) is 1.23. The van der Waals surface area contributed by atoms with Gasteiger partial charge in [0.15, 0.2) is 0 Å². The number of amides is 2. The van der Waals surface area contributed by atoms with Crippen molar-refractivity contribution in [3.05, 3.63) is 23.9 Å². The van der Waals surface area contributed by atoms with Crippen molar-refractivity contribution >= 4 is 11.8 Å². The summed E-state index contributed by atoms with van der Waals surface area (Å²) in [6.45, 7) is 0.624. The fraction of sp³-hybridized carbons (Fsp3) is 0.455. The van der Waals surface area contributed by atoms with Gasteiger partial charge in [0.25, 0.3) is 0 Å². The minimum atomic E-state index is -0.290. The lowest BCUT2D eigenvalue weighted by atomic mass is 10.2. The number of urea groups is 1. The first kappa shape index (κ1) is 13.2. The zero-order chi connectivity index (χ0) is 12.7. The van der Waals surface area contributed by atoms with Crippen LogP contribution >= 0.6 is 0 Å². The Hall–Kier alpha value is -1.82. The molecule has 2 amide bonds. The zero-order valence-corrected chi connectivity index (χ0v) is 10.1. The molecule has 0 aliphatic heterocycles. The van der Waals surface area contributed by atoms with Crippen LogP contribution in [0.3, 0.4) is 0 Å². The highest BCUT2D eigenvalue weighted by atomic mass is 16.3. The molecule has 0 fully saturated rings. The summed E-state index contributed by atoms with van der Waals surface area (Å²) >= 11 is 0.